The fourth-order valence-corrected chi connectivity index (χ4v) is 3.38. The third-order valence-corrected chi connectivity index (χ3v) is 5.16. The molecule has 34 heavy (non-hydrogen) atoms. The van der Waals surface area contributed by atoms with E-state index in [0.29, 0.717) is 22.4 Å². The number of carbonyl (C=O) groups excluding carboxylic acids is 3. The number of rotatable bonds is 5. The lowest BCUT2D eigenvalue weighted by atomic mass is 10.0. The zero-order chi connectivity index (χ0) is 23.9. The van der Waals surface area contributed by atoms with E-state index in [1.165, 1.54) is 12.2 Å². The van der Waals surface area contributed by atoms with E-state index in [-0.39, 0.29) is 0 Å². The van der Waals surface area contributed by atoms with Crippen molar-refractivity contribution in [1.82, 2.24) is 10.9 Å². The summed E-state index contributed by atoms with van der Waals surface area (Å²) in [7, 11) is 0. The summed E-state index contributed by atoms with van der Waals surface area (Å²) < 4.78 is 5.51. The van der Waals surface area contributed by atoms with Crippen LogP contribution in [-0.2, 0) is 4.79 Å². The smallest absolute Gasteiger partial charge is 0.343 e. The summed E-state index contributed by atoms with van der Waals surface area (Å²) in [6.45, 7) is 1.94. The summed E-state index contributed by atoms with van der Waals surface area (Å²) in [5, 5.41) is 1.72. The summed E-state index contributed by atoms with van der Waals surface area (Å²) in [4.78, 5) is 37.3. The molecule has 0 radical (unpaired) electrons. The quantitative estimate of drug-likeness (QED) is 0.197. The second-order valence-electron chi connectivity index (χ2n) is 7.60. The molecule has 4 aromatic carbocycles. The Balaban J connectivity index is 1.40. The Hall–Kier alpha value is -4.71. The van der Waals surface area contributed by atoms with Crippen molar-refractivity contribution in [1.29, 1.82) is 0 Å². The molecule has 4 rings (SSSR count). The molecule has 0 unspecified atom stereocenters. The van der Waals surface area contributed by atoms with E-state index in [1.807, 2.05) is 49.4 Å². The molecule has 0 aliphatic carbocycles. The van der Waals surface area contributed by atoms with Crippen molar-refractivity contribution >= 4 is 34.6 Å². The molecule has 6 heteroatoms. The van der Waals surface area contributed by atoms with Gasteiger partial charge in [0, 0.05) is 17.2 Å². The van der Waals surface area contributed by atoms with Crippen LogP contribution in [0.5, 0.6) is 5.75 Å². The zero-order valence-corrected chi connectivity index (χ0v) is 18.4. The molecule has 2 amide bonds. The van der Waals surface area contributed by atoms with E-state index >= 15 is 0 Å². The molecule has 0 heterocycles. The first-order valence-electron chi connectivity index (χ1n) is 10.7. The summed E-state index contributed by atoms with van der Waals surface area (Å²) >= 11 is 0. The highest BCUT2D eigenvalue weighted by Crippen LogP contribution is 2.21. The maximum absolute atomic E-state index is 12.6. The number of ether oxygens (including phenoxy) is 1. The second-order valence-corrected chi connectivity index (χ2v) is 7.60. The van der Waals surface area contributed by atoms with Crippen LogP contribution in [0.3, 0.4) is 0 Å². The minimum absolute atomic E-state index is 0.317. The van der Waals surface area contributed by atoms with Crippen LogP contribution in [0.15, 0.2) is 97.1 Å². The number of hydrazine groups is 1. The van der Waals surface area contributed by atoms with Crippen molar-refractivity contribution in [2.24, 2.45) is 0 Å². The Morgan fingerprint density at radius 3 is 2.29 bits per heavy atom. The van der Waals surface area contributed by atoms with E-state index in [1.54, 1.807) is 48.5 Å². The van der Waals surface area contributed by atoms with E-state index in [9.17, 15) is 14.4 Å². The van der Waals surface area contributed by atoms with Gasteiger partial charge in [-0.3, -0.25) is 20.4 Å². The van der Waals surface area contributed by atoms with Crippen LogP contribution in [0.2, 0.25) is 0 Å². The first kappa shape index (κ1) is 22.5. The topological polar surface area (TPSA) is 84.5 Å². The van der Waals surface area contributed by atoms with Gasteiger partial charge in [-0.2, -0.15) is 0 Å². The summed E-state index contributed by atoms with van der Waals surface area (Å²) in [6.07, 6.45) is 2.76. The van der Waals surface area contributed by atoms with Crippen molar-refractivity contribution in [3.8, 4) is 5.75 Å². The van der Waals surface area contributed by atoms with Gasteiger partial charge in [-0.25, -0.2) is 4.79 Å². The number of amides is 2. The molecule has 0 aromatic heterocycles. The van der Waals surface area contributed by atoms with Crippen LogP contribution < -0.4 is 15.6 Å². The number of carbonyl (C=O) groups is 3. The predicted octanol–water partition coefficient (Wildman–Crippen LogP) is 4.84. The molecule has 0 saturated carbocycles. The van der Waals surface area contributed by atoms with Gasteiger partial charge in [0.15, 0.2) is 0 Å². The highest BCUT2D eigenvalue weighted by atomic mass is 16.5. The number of nitrogens with one attached hydrogen (secondary N) is 2. The van der Waals surface area contributed by atoms with Crippen LogP contribution in [0.25, 0.3) is 16.8 Å². The normalized spacial score (nSPS) is 10.7. The average Bonchev–Trinajstić information content (AvgIpc) is 2.86. The van der Waals surface area contributed by atoms with Crippen LogP contribution >= 0.6 is 0 Å². The monoisotopic (exact) mass is 450 g/mol. The van der Waals surface area contributed by atoms with Gasteiger partial charge in [-0.1, -0.05) is 72.3 Å². The minimum atomic E-state index is -0.534. The molecule has 0 aliphatic rings. The molecular formula is C28H22N2O4. The van der Waals surface area contributed by atoms with Gasteiger partial charge in [0.25, 0.3) is 11.8 Å². The molecule has 4 aromatic rings. The number of benzene rings is 4. The second kappa shape index (κ2) is 10.3. The van der Waals surface area contributed by atoms with Crippen molar-refractivity contribution < 1.29 is 19.1 Å². The van der Waals surface area contributed by atoms with Gasteiger partial charge in [0.1, 0.15) is 5.75 Å². The van der Waals surface area contributed by atoms with E-state index in [0.717, 1.165) is 16.3 Å². The minimum Gasteiger partial charge on any atom is -0.422 e. The molecule has 0 fully saturated rings. The number of hydrogen-bond donors (Lipinski definition) is 2. The van der Waals surface area contributed by atoms with Crippen LogP contribution in [0, 0.1) is 6.92 Å². The molecular weight excluding hydrogens is 428 g/mol. The van der Waals surface area contributed by atoms with Crippen molar-refractivity contribution in [2.45, 2.75) is 6.92 Å². The highest BCUT2D eigenvalue weighted by molar-refractivity contribution is 6.07. The van der Waals surface area contributed by atoms with Crippen LogP contribution in [-0.4, -0.2) is 17.8 Å². The Labute approximate surface area is 196 Å². The molecule has 6 nitrogen and oxygen atoms in total. The Morgan fingerprint density at radius 1 is 0.765 bits per heavy atom. The van der Waals surface area contributed by atoms with Gasteiger partial charge >= 0.3 is 5.97 Å². The fraction of sp³-hybridized carbons (Fsp3) is 0.0357. The Kier molecular flexibility index (Phi) is 6.79. The van der Waals surface area contributed by atoms with Crippen molar-refractivity contribution in [3.63, 3.8) is 0 Å². The van der Waals surface area contributed by atoms with E-state index in [2.05, 4.69) is 10.9 Å². The number of aryl methyl sites for hydroxylation is 1. The fourth-order valence-electron chi connectivity index (χ4n) is 3.38. The summed E-state index contributed by atoms with van der Waals surface area (Å²) in [5.74, 6) is -1.14. The first-order chi connectivity index (χ1) is 16.5. The first-order valence-corrected chi connectivity index (χ1v) is 10.7. The number of fused-ring (bicyclic) bond motifs is 1. The SMILES string of the molecule is Cc1ccc(C(=O)Oc2ccccc2/C=C/C(=O)NNC(=O)c2cccc3ccccc23)cc1. The van der Waals surface area contributed by atoms with Crippen LogP contribution in [0.4, 0.5) is 0 Å². The third-order valence-electron chi connectivity index (χ3n) is 5.16. The lowest BCUT2D eigenvalue weighted by Gasteiger charge is -2.09. The zero-order valence-electron chi connectivity index (χ0n) is 18.4. The third kappa shape index (κ3) is 5.37. The van der Waals surface area contributed by atoms with Crippen LogP contribution in [0.1, 0.15) is 31.8 Å². The Morgan fingerprint density at radius 2 is 1.47 bits per heavy atom. The number of para-hydroxylation sites is 1. The van der Waals surface area contributed by atoms with E-state index < -0.39 is 17.8 Å². The van der Waals surface area contributed by atoms with Gasteiger partial charge in [0.2, 0.25) is 0 Å². The molecule has 168 valence electrons. The van der Waals surface area contributed by atoms with Gasteiger partial charge in [-0.05, 0) is 48.0 Å². The lowest BCUT2D eigenvalue weighted by Crippen LogP contribution is -2.40. The predicted molar refractivity (Wildman–Crippen MR) is 131 cm³/mol. The molecule has 0 spiro atoms. The number of esters is 1. The van der Waals surface area contributed by atoms with E-state index in [4.69, 9.17) is 4.74 Å². The number of hydrogen-bond acceptors (Lipinski definition) is 4. The van der Waals surface area contributed by atoms with Gasteiger partial charge < -0.3 is 4.74 Å². The summed E-state index contributed by atoms with van der Waals surface area (Å²) in [5.41, 5.74) is 7.26. The Bertz CT molecular complexity index is 1390. The molecule has 0 aliphatic heterocycles. The summed E-state index contributed by atoms with van der Waals surface area (Å²) in [6, 6.07) is 26.8. The average molecular weight is 450 g/mol. The maximum atomic E-state index is 12.6. The largest absolute Gasteiger partial charge is 0.422 e. The van der Waals surface area contributed by atoms with Crippen molar-refractivity contribution in [2.75, 3.05) is 0 Å². The van der Waals surface area contributed by atoms with Gasteiger partial charge in [-0.15, -0.1) is 0 Å². The van der Waals surface area contributed by atoms with Crippen molar-refractivity contribution in [3.05, 3.63) is 119 Å². The lowest BCUT2D eigenvalue weighted by molar-refractivity contribution is -0.117. The standard InChI is InChI=1S/C28H22N2O4/c1-19-13-15-22(16-14-19)28(33)34-25-12-5-3-8-21(25)17-18-26(31)29-30-27(32)24-11-6-9-20-7-2-4-10-23(20)24/h2-18H,1H3,(H,29,31)(H,30,32)/b18-17+. The molecule has 0 bridgehead atoms. The van der Waals surface area contributed by atoms with Gasteiger partial charge in [0.05, 0.1) is 5.56 Å². The molecule has 2 N–H and O–H groups in total. The maximum Gasteiger partial charge on any atom is 0.343 e. The molecule has 0 atom stereocenters. The molecule has 0 saturated heterocycles. The highest BCUT2D eigenvalue weighted by Gasteiger charge is 2.12.